The van der Waals surface area contributed by atoms with Crippen LogP contribution in [0.3, 0.4) is 0 Å². The Labute approximate surface area is 153 Å². The van der Waals surface area contributed by atoms with E-state index in [0.29, 0.717) is 23.7 Å². The van der Waals surface area contributed by atoms with Crippen molar-refractivity contribution in [2.24, 2.45) is 5.92 Å². The van der Waals surface area contributed by atoms with Crippen LogP contribution in [0.15, 0.2) is 18.3 Å². The highest BCUT2D eigenvalue weighted by molar-refractivity contribution is 6.29. The smallest absolute Gasteiger partial charge is 0.131 e. The molecule has 1 saturated carbocycles. The topological polar surface area (TPSA) is 63.0 Å². The Morgan fingerprint density at radius 1 is 1.20 bits per heavy atom. The van der Waals surface area contributed by atoms with Crippen LogP contribution in [0.4, 0.5) is 5.69 Å². The van der Waals surface area contributed by atoms with E-state index in [-0.39, 0.29) is 0 Å². The maximum absolute atomic E-state index is 9.32. The predicted molar refractivity (Wildman–Crippen MR) is 99.9 cm³/mol. The number of halogens is 1. The van der Waals surface area contributed by atoms with E-state index in [9.17, 15) is 5.11 Å². The zero-order valence-electron chi connectivity index (χ0n) is 14.4. The van der Waals surface area contributed by atoms with Crippen LogP contribution in [-0.4, -0.2) is 32.5 Å². The first-order valence-corrected chi connectivity index (χ1v) is 9.71. The summed E-state index contributed by atoms with van der Waals surface area (Å²) in [5.74, 6) is 0.457. The van der Waals surface area contributed by atoms with Crippen LogP contribution >= 0.6 is 11.6 Å². The van der Waals surface area contributed by atoms with Crippen molar-refractivity contribution in [2.75, 3.05) is 11.9 Å². The van der Waals surface area contributed by atoms with Crippen LogP contribution in [-0.2, 0) is 13.0 Å². The van der Waals surface area contributed by atoms with Crippen LogP contribution in [0, 0.1) is 5.92 Å². The molecule has 4 rings (SSSR count). The Hall–Kier alpha value is -1.59. The van der Waals surface area contributed by atoms with Crippen LogP contribution in [0.1, 0.15) is 44.2 Å². The van der Waals surface area contributed by atoms with Gasteiger partial charge >= 0.3 is 0 Å². The van der Waals surface area contributed by atoms with Crippen LogP contribution in [0.2, 0.25) is 5.15 Å². The summed E-state index contributed by atoms with van der Waals surface area (Å²) in [6.45, 7) is 1.31. The number of anilines is 1. The number of aliphatic hydroxyl groups is 1. The second-order valence-corrected chi connectivity index (χ2v) is 7.69. The second-order valence-electron chi connectivity index (χ2n) is 7.30. The average molecular weight is 361 g/mol. The molecule has 0 unspecified atom stereocenters. The van der Waals surface area contributed by atoms with Gasteiger partial charge in [0.1, 0.15) is 5.15 Å². The van der Waals surface area contributed by atoms with Gasteiger partial charge in [-0.25, -0.2) is 4.98 Å². The number of aryl methyl sites for hydroxylation is 2. The molecule has 2 aliphatic rings. The van der Waals surface area contributed by atoms with Gasteiger partial charge in [-0.1, -0.05) is 11.6 Å². The third-order valence-corrected chi connectivity index (χ3v) is 5.73. The Morgan fingerprint density at radius 3 is 2.80 bits per heavy atom. The van der Waals surface area contributed by atoms with Gasteiger partial charge in [0.05, 0.1) is 5.69 Å². The van der Waals surface area contributed by atoms with E-state index in [1.807, 2.05) is 12.3 Å². The van der Waals surface area contributed by atoms with Gasteiger partial charge in [-0.2, -0.15) is 5.10 Å². The van der Waals surface area contributed by atoms with Gasteiger partial charge in [-0.05, 0) is 63.0 Å². The van der Waals surface area contributed by atoms with Crippen molar-refractivity contribution in [1.82, 2.24) is 14.8 Å². The van der Waals surface area contributed by atoms with Gasteiger partial charge in [0.2, 0.25) is 0 Å². The van der Waals surface area contributed by atoms with E-state index in [1.54, 1.807) is 0 Å². The van der Waals surface area contributed by atoms with Crippen LogP contribution in [0.25, 0.3) is 11.3 Å². The molecule has 0 bridgehead atoms. The van der Waals surface area contributed by atoms with Gasteiger partial charge in [0.25, 0.3) is 0 Å². The summed E-state index contributed by atoms with van der Waals surface area (Å²) >= 11 is 6.16. The fourth-order valence-electron chi connectivity index (χ4n) is 4.01. The molecule has 1 fully saturated rings. The predicted octanol–water partition coefficient (Wildman–Crippen LogP) is 3.90. The largest absolute Gasteiger partial charge is 0.396 e. The Kier molecular flexibility index (Phi) is 4.95. The molecular weight excluding hydrogens is 336 g/mol. The first-order valence-electron chi connectivity index (χ1n) is 9.33. The molecule has 1 aliphatic carbocycles. The third kappa shape index (κ3) is 3.67. The van der Waals surface area contributed by atoms with Crippen LogP contribution < -0.4 is 5.32 Å². The van der Waals surface area contributed by atoms with Gasteiger partial charge < -0.3 is 10.4 Å². The Balaban J connectivity index is 1.57. The lowest BCUT2D eigenvalue weighted by atomic mass is 9.86. The number of fused-ring (bicyclic) bond motifs is 1. The molecular formula is C19H25ClN4O. The molecule has 0 amide bonds. The molecule has 2 aromatic rings. The van der Waals surface area contributed by atoms with E-state index in [1.165, 1.54) is 18.5 Å². The maximum atomic E-state index is 9.32. The van der Waals surface area contributed by atoms with Crippen molar-refractivity contribution in [3.8, 4) is 11.3 Å². The summed E-state index contributed by atoms with van der Waals surface area (Å²) in [5, 5.41) is 18.3. The number of nitrogens with one attached hydrogen (secondary N) is 1. The summed E-state index contributed by atoms with van der Waals surface area (Å²) < 4.78 is 2.13. The van der Waals surface area contributed by atoms with E-state index < -0.39 is 0 Å². The average Bonchev–Trinajstić information content (AvgIpc) is 3.06. The SMILES string of the molecule is OCC1CCC(Nc2cc(Cl)ncc2-c2cc3n(n2)CCCC3)CC1. The minimum atomic E-state index is 0.305. The number of nitrogens with zero attached hydrogens (tertiary/aromatic N) is 3. The maximum Gasteiger partial charge on any atom is 0.131 e. The highest BCUT2D eigenvalue weighted by Crippen LogP contribution is 2.33. The first-order chi connectivity index (χ1) is 12.2. The summed E-state index contributed by atoms with van der Waals surface area (Å²) in [4.78, 5) is 4.28. The molecule has 2 aromatic heterocycles. The number of hydrogen-bond acceptors (Lipinski definition) is 4. The molecule has 1 aliphatic heterocycles. The zero-order chi connectivity index (χ0) is 17.2. The molecule has 134 valence electrons. The van der Waals surface area contributed by atoms with Gasteiger partial charge in [-0.15, -0.1) is 0 Å². The fourth-order valence-corrected chi connectivity index (χ4v) is 4.17. The van der Waals surface area contributed by atoms with Crippen LogP contribution in [0.5, 0.6) is 0 Å². The lowest BCUT2D eigenvalue weighted by Crippen LogP contribution is -2.27. The van der Waals surface area contributed by atoms with E-state index in [4.69, 9.17) is 16.7 Å². The lowest BCUT2D eigenvalue weighted by Gasteiger charge is -2.29. The number of pyridine rings is 1. The summed E-state index contributed by atoms with van der Waals surface area (Å²) in [5.41, 5.74) is 4.33. The number of rotatable bonds is 4. The zero-order valence-corrected chi connectivity index (χ0v) is 15.2. The Bertz CT molecular complexity index is 714. The van der Waals surface area contributed by atoms with Crippen molar-refractivity contribution < 1.29 is 5.11 Å². The first kappa shape index (κ1) is 16.9. The van der Waals surface area contributed by atoms with Gasteiger partial charge in [-0.3, -0.25) is 4.68 Å². The highest BCUT2D eigenvalue weighted by atomic mass is 35.5. The molecule has 2 N–H and O–H groups in total. The molecule has 0 spiro atoms. The third-order valence-electron chi connectivity index (χ3n) is 5.53. The Morgan fingerprint density at radius 2 is 2.04 bits per heavy atom. The number of aliphatic hydroxyl groups excluding tert-OH is 1. The second kappa shape index (κ2) is 7.34. The number of hydrogen-bond donors (Lipinski definition) is 2. The van der Waals surface area contributed by atoms with Crippen molar-refractivity contribution in [3.05, 3.63) is 29.2 Å². The normalized spacial score (nSPS) is 23.3. The molecule has 3 heterocycles. The molecule has 0 atom stereocenters. The molecule has 0 aromatic carbocycles. The summed E-state index contributed by atoms with van der Waals surface area (Å²) in [7, 11) is 0. The van der Waals surface area contributed by atoms with Crippen molar-refractivity contribution in [1.29, 1.82) is 0 Å². The minimum Gasteiger partial charge on any atom is -0.396 e. The molecule has 25 heavy (non-hydrogen) atoms. The highest BCUT2D eigenvalue weighted by Gasteiger charge is 2.22. The van der Waals surface area contributed by atoms with Crippen molar-refractivity contribution >= 4 is 17.3 Å². The minimum absolute atomic E-state index is 0.305. The standard InChI is InChI=1S/C19H25ClN4O/c20-19-10-17(22-14-6-4-13(12-25)5-7-14)16(11-21-19)18-9-15-3-1-2-8-24(15)23-18/h9-11,13-14,25H,1-8,12H2,(H,21,22). The summed E-state index contributed by atoms with van der Waals surface area (Å²) in [6, 6.07) is 4.52. The van der Waals surface area contributed by atoms with Gasteiger partial charge in [0.15, 0.2) is 0 Å². The van der Waals surface area contributed by atoms with Gasteiger partial charge in [0, 0.05) is 42.3 Å². The van der Waals surface area contributed by atoms with Crippen molar-refractivity contribution in [3.63, 3.8) is 0 Å². The molecule has 0 saturated heterocycles. The fraction of sp³-hybridized carbons (Fsp3) is 0.579. The quantitative estimate of drug-likeness (QED) is 0.812. The lowest BCUT2D eigenvalue weighted by molar-refractivity contribution is 0.186. The molecule has 0 radical (unpaired) electrons. The monoisotopic (exact) mass is 360 g/mol. The van der Waals surface area contributed by atoms with E-state index >= 15 is 0 Å². The van der Waals surface area contributed by atoms with E-state index in [2.05, 4.69) is 21.0 Å². The van der Waals surface area contributed by atoms with Crippen molar-refractivity contribution in [2.45, 2.75) is 57.5 Å². The summed E-state index contributed by atoms with van der Waals surface area (Å²) in [6.07, 6.45) is 9.66. The molecule has 6 heteroatoms. The molecule has 5 nitrogen and oxygen atoms in total. The van der Waals surface area contributed by atoms with E-state index in [0.717, 1.165) is 55.6 Å². The number of aromatic nitrogens is 3.